The van der Waals surface area contributed by atoms with Crippen LogP contribution in [0.4, 0.5) is 4.79 Å². The largest absolute Gasteiger partial charge is 0.516 e. The van der Waals surface area contributed by atoms with Crippen LogP contribution in [0, 0.1) is 11.8 Å². The fraction of sp³-hybridized carbons (Fsp3) is 0.471. The lowest BCUT2D eigenvalue weighted by molar-refractivity contribution is -0.180. The molecule has 23 heavy (non-hydrogen) atoms. The van der Waals surface area contributed by atoms with Gasteiger partial charge < -0.3 is 14.2 Å². The molecule has 0 heterocycles. The van der Waals surface area contributed by atoms with Crippen LogP contribution < -0.4 is 4.74 Å². The summed E-state index contributed by atoms with van der Waals surface area (Å²) in [5.41, 5.74) is 0.418. The van der Waals surface area contributed by atoms with Gasteiger partial charge in [0.25, 0.3) is 6.29 Å². The second-order valence-corrected chi connectivity index (χ2v) is 5.76. The number of hydrogen-bond donors (Lipinski definition) is 0. The first-order valence-electron chi connectivity index (χ1n) is 7.40. The van der Waals surface area contributed by atoms with E-state index in [2.05, 4.69) is 0 Å². The summed E-state index contributed by atoms with van der Waals surface area (Å²) in [6, 6.07) is 6.17. The molecule has 0 spiro atoms. The van der Waals surface area contributed by atoms with Gasteiger partial charge in [0, 0.05) is 11.5 Å². The van der Waals surface area contributed by atoms with Crippen molar-refractivity contribution < 1.29 is 28.6 Å². The van der Waals surface area contributed by atoms with Crippen molar-refractivity contribution in [3.8, 4) is 5.75 Å². The summed E-state index contributed by atoms with van der Waals surface area (Å²) in [5.74, 6) is -0.984. The average molecular weight is 322 g/mol. The zero-order valence-electron chi connectivity index (χ0n) is 14.0. The maximum Gasteiger partial charge on any atom is 0.516 e. The molecule has 0 aliphatic rings. The molecule has 126 valence electrons. The van der Waals surface area contributed by atoms with Crippen LogP contribution in [0.1, 0.15) is 45.0 Å². The average Bonchev–Trinajstić information content (AvgIpc) is 2.46. The molecule has 0 saturated carbocycles. The van der Waals surface area contributed by atoms with Crippen LogP contribution in [0.5, 0.6) is 5.75 Å². The topological polar surface area (TPSA) is 78.9 Å². The van der Waals surface area contributed by atoms with E-state index in [1.54, 1.807) is 39.8 Å². The van der Waals surface area contributed by atoms with Gasteiger partial charge in [-0.05, 0) is 19.1 Å². The van der Waals surface area contributed by atoms with Gasteiger partial charge in [0.15, 0.2) is 5.78 Å². The molecule has 1 atom stereocenters. The van der Waals surface area contributed by atoms with E-state index in [1.165, 1.54) is 19.1 Å². The Morgan fingerprint density at radius 2 is 1.65 bits per heavy atom. The SMILES string of the molecule is CC(=O)c1cccc(OC(=O)OC(OC(=O)C(C)C)C(C)C)c1. The van der Waals surface area contributed by atoms with Gasteiger partial charge in [-0.1, -0.05) is 39.8 Å². The molecular formula is C17H22O6. The summed E-state index contributed by atoms with van der Waals surface area (Å²) in [4.78, 5) is 34.8. The number of ketones is 1. The van der Waals surface area contributed by atoms with E-state index in [0.29, 0.717) is 5.56 Å². The van der Waals surface area contributed by atoms with E-state index >= 15 is 0 Å². The molecule has 6 heteroatoms. The van der Waals surface area contributed by atoms with Crippen molar-refractivity contribution in [2.75, 3.05) is 0 Å². The Balaban J connectivity index is 2.71. The molecule has 0 N–H and O–H groups in total. The number of hydrogen-bond acceptors (Lipinski definition) is 6. The molecule has 0 saturated heterocycles. The van der Waals surface area contributed by atoms with E-state index in [1.807, 2.05) is 0 Å². The van der Waals surface area contributed by atoms with Gasteiger partial charge in [-0.3, -0.25) is 9.59 Å². The first-order chi connectivity index (χ1) is 10.7. The normalized spacial score (nSPS) is 12.0. The minimum atomic E-state index is -1.03. The molecule has 6 nitrogen and oxygen atoms in total. The number of Topliss-reactive ketones (excluding diaryl/α,β-unsaturated/α-hetero) is 1. The second-order valence-electron chi connectivity index (χ2n) is 5.76. The molecule has 0 aromatic heterocycles. The molecule has 0 aliphatic carbocycles. The second kappa shape index (κ2) is 8.31. The van der Waals surface area contributed by atoms with E-state index in [4.69, 9.17) is 14.2 Å². The highest BCUT2D eigenvalue weighted by molar-refractivity contribution is 5.94. The number of benzene rings is 1. The highest BCUT2D eigenvalue weighted by Gasteiger charge is 2.25. The summed E-state index contributed by atoms with van der Waals surface area (Å²) in [7, 11) is 0. The zero-order chi connectivity index (χ0) is 17.6. The Bertz CT molecular complexity index is 576. The van der Waals surface area contributed by atoms with Crippen LogP contribution >= 0.6 is 0 Å². The summed E-state index contributed by atoms with van der Waals surface area (Å²) in [6.45, 7) is 8.29. The summed E-state index contributed by atoms with van der Waals surface area (Å²) >= 11 is 0. The third-order valence-corrected chi connectivity index (χ3v) is 2.90. The molecular weight excluding hydrogens is 300 g/mol. The maximum atomic E-state index is 11.8. The minimum absolute atomic E-state index is 0.144. The van der Waals surface area contributed by atoms with Crippen LogP contribution in [0.25, 0.3) is 0 Å². The summed E-state index contributed by atoms with van der Waals surface area (Å²) < 4.78 is 15.2. The molecule has 0 bridgehead atoms. The van der Waals surface area contributed by atoms with E-state index in [0.717, 1.165) is 0 Å². The molecule has 0 radical (unpaired) electrons. The van der Waals surface area contributed by atoms with Crippen molar-refractivity contribution >= 4 is 17.9 Å². The predicted octanol–water partition coefficient (Wildman–Crippen LogP) is 3.59. The fourth-order valence-corrected chi connectivity index (χ4v) is 1.54. The van der Waals surface area contributed by atoms with Crippen molar-refractivity contribution in [3.63, 3.8) is 0 Å². The first-order valence-corrected chi connectivity index (χ1v) is 7.40. The number of carbonyl (C=O) groups excluding carboxylic acids is 3. The van der Waals surface area contributed by atoms with Crippen molar-refractivity contribution in [2.45, 2.75) is 40.9 Å². The molecule has 0 amide bonds. The van der Waals surface area contributed by atoms with Crippen LogP contribution in [-0.2, 0) is 14.3 Å². The number of ether oxygens (including phenoxy) is 3. The van der Waals surface area contributed by atoms with Gasteiger partial charge in [-0.2, -0.15) is 0 Å². The monoisotopic (exact) mass is 322 g/mol. The standard InChI is InChI=1S/C17H22O6/c1-10(2)15(19)22-16(11(3)4)23-17(20)21-14-8-6-7-13(9-14)12(5)18/h6-11,16H,1-5H3. The van der Waals surface area contributed by atoms with Crippen LogP contribution in [0.3, 0.4) is 0 Å². The van der Waals surface area contributed by atoms with E-state index < -0.39 is 18.4 Å². The quantitative estimate of drug-likeness (QED) is 0.345. The highest BCUT2D eigenvalue weighted by Crippen LogP contribution is 2.17. The van der Waals surface area contributed by atoms with Gasteiger partial charge in [-0.25, -0.2) is 4.79 Å². The lowest BCUT2D eigenvalue weighted by Crippen LogP contribution is -2.32. The van der Waals surface area contributed by atoms with Crippen molar-refractivity contribution in [2.24, 2.45) is 11.8 Å². The van der Waals surface area contributed by atoms with Crippen molar-refractivity contribution in [1.82, 2.24) is 0 Å². The fourth-order valence-electron chi connectivity index (χ4n) is 1.54. The molecule has 1 unspecified atom stereocenters. The Labute approximate surface area is 135 Å². The van der Waals surface area contributed by atoms with Gasteiger partial charge in [-0.15, -0.1) is 0 Å². The van der Waals surface area contributed by atoms with Crippen LogP contribution in [-0.4, -0.2) is 24.2 Å². The van der Waals surface area contributed by atoms with Gasteiger partial charge >= 0.3 is 12.1 Å². The van der Waals surface area contributed by atoms with Crippen molar-refractivity contribution in [1.29, 1.82) is 0 Å². The third-order valence-electron chi connectivity index (χ3n) is 2.90. The van der Waals surface area contributed by atoms with Crippen LogP contribution in [0.2, 0.25) is 0 Å². The number of carbonyl (C=O) groups is 3. The van der Waals surface area contributed by atoms with Crippen molar-refractivity contribution in [3.05, 3.63) is 29.8 Å². The lowest BCUT2D eigenvalue weighted by atomic mass is 10.1. The van der Waals surface area contributed by atoms with E-state index in [-0.39, 0.29) is 23.4 Å². The predicted molar refractivity (Wildman–Crippen MR) is 83.1 cm³/mol. The zero-order valence-corrected chi connectivity index (χ0v) is 14.0. The van der Waals surface area contributed by atoms with Crippen LogP contribution in [0.15, 0.2) is 24.3 Å². The Kier molecular flexibility index (Phi) is 6.75. The number of esters is 1. The summed E-state index contributed by atoms with van der Waals surface area (Å²) in [5, 5.41) is 0. The molecule has 1 aromatic carbocycles. The highest BCUT2D eigenvalue weighted by atomic mass is 16.8. The molecule has 0 fully saturated rings. The molecule has 1 rings (SSSR count). The molecule has 0 aliphatic heterocycles. The summed E-state index contributed by atoms with van der Waals surface area (Å²) in [6.07, 6.45) is -2.03. The van der Waals surface area contributed by atoms with Gasteiger partial charge in [0.05, 0.1) is 5.92 Å². The Hall–Kier alpha value is -2.37. The third kappa shape index (κ3) is 6.10. The van der Waals surface area contributed by atoms with Gasteiger partial charge in [0.1, 0.15) is 5.75 Å². The van der Waals surface area contributed by atoms with Gasteiger partial charge in [0.2, 0.25) is 0 Å². The maximum absolute atomic E-state index is 11.8. The Morgan fingerprint density at radius 3 is 2.17 bits per heavy atom. The first kappa shape index (κ1) is 18.7. The minimum Gasteiger partial charge on any atom is -0.425 e. The lowest BCUT2D eigenvalue weighted by Gasteiger charge is -2.21. The number of rotatable bonds is 6. The van der Waals surface area contributed by atoms with E-state index in [9.17, 15) is 14.4 Å². The smallest absolute Gasteiger partial charge is 0.425 e. The Morgan fingerprint density at radius 1 is 1.00 bits per heavy atom. The molecule has 1 aromatic rings.